The molecule has 3 aliphatic rings. The van der Waals surface area contributed by atoms with Crippen molar-refractivity contribution in [2.45, 2.75) is 30.8 Å². The van der Waals surface area contributed by atoms with Gasteiger partial charge in [0.15, 0.2) is 0 Å². The van der Waals surface area contributed by atoms with Gasteiger partial charge in [0, 0.05) is 6.42 Å². The Morgan fingerprint density at radius 3 is 2.75 bits per heavy atom. The van der Waals surface area contributed by atoms with Gasteiger partial charge in [0.1, 0.15) is 5.16 Å². The van der Waals surface area contributed by atoms with E-state index in [1.165, 1.54) is 25.7 Å². The summed E-state index contributed by atoms with van der Waals surface area (Å²) in [6.45, 7) is 2.58. The molecular formula is C19H22P+. The lowest BCUT2D eigenvalue weighted by atomic mass is 9.78. The fourth-order valence-electron chi connectivity index (χ4n) is 4.68. The number of fused-ring (bicyclic) bond motifs is 2. The van der Waals surface area contributed by atoms with Crippen LogP contribution < -0.4 is 5.30 Å². The van der Waals surface area contributed by atoms with E-state index in [0.717, 1.165) is 5.92 Å². The van der Waals surface area contributed by atoms with Gasteiger partial charge in [0.2, 0.25) is 0 Å². The third-order valence-corrected chi connectivity index (χ3v) is 10.9. The van der Waals surface area contributed by atoms with Crippen LogP contribution in [0.25, 0.3) is 0 Å². The lowest BCUT2D eigenvalue weighted by molar-refractivity contribution is 0.405. The monoisotopic (exact) mass is 281 g/mol. The largest absolute Gasteiger partial charge is 0.120 e. The fraction of sp³-hybridized carbons (Fsp3) is 0.368. The minimum atomic E-state index is -1.21. The molecule has 1 aliphatic heterocycles. The standard InChI is InChI=1S/C19H22P/c1-20(16-10-4-2-5-11-16)18-13-7-6-12-17(18)19(20)14-8-3-9-15-19/h2-5,8-11,13-14,17H,6-7,12,15H2,1H3/q+1/t17?,19-,20?/m1/s1. The van der Waals surface area contributed by atoms with Gasteiger partial charge in [-0.15, -0.1) is 0 Å². The summed E-state index contributed by atoms with van der Waals surface area (Å²) in [6, 6.07) is 11.3. The number of rotatable bonds is 1. The minimum Gasteiger partial charge on any atom is -0.0800 e. The number of benzene rings is 1. The highest BCUT2D eigenvalue weighted by atomic mass is 31.2. The summed E-state index contributed by atoms with van der Waals surface area (Å²) in [6.07, 6.45) is 17.4. The molecule has 1 heterocycles. The first-order valence-corrected chi connectivity index (χ1v) is 10.00. The van der Waals surface area contributed by atoms with E-state index in [2.05, 4.69) is 67.4 Å². The third-order valence-electron chi connectivity index (χ3n) is 5.71. The first-order chi connectivity index (χ1) is 9.79. The van der Waals surface area contributed by atoms with Crippen molar-refractivity contribution in [2.75, 3.05) is 6.66 Å². The van der Waals surface area contributed by atoms with Gasteiger partial charge in [0.25, 0.3) is 0 Å². The van der Waals surface area contributed by atoms with Crippen LogP contribution in [0, 0.1) is 5.92 Å². The smallest absolute Gasteiger partial charge is 0.0800 e. The van der Waals surface area contributed by atoms with E-state index in [9.17, 15) is 0 Å². The van der Waals surface area contributed by atoms with Gasteiger partial charge in [-0.3, -0.25) is 0 Å². The maximum Gasteiger partial charge on any atom is 0.120 e. The van der Waals surface area contributed by atoms with Gasteiger partial charge in [-0.05, 0) is 43.5 Å². The molecule has 0 radical (unpaired) electrons. The van der Waals surface area contributed by atoms with E-state index in [0.29, 0.717) is 5.16 Å². The maximum absolute atomic E-state index is 2.59. The highest BCUT2D eigenvalue weighted by molar-refractivity contribution is 7.89. The summed E-state index contributed by atoms with van der Waals surface area (Å²) in [5.41, 5.74) is 0. The average molecular weight is 281 g/mol. The molecule has 102 valence electrons. The molecule has 1 aromatic rings. The number of allylic oxidation sites excluding steroid dienone is 6. The summed E-state index contributed by atoms with van der Waals surface area (Å²) in [5, 5.41) is 3.84. The zero-order valence-electron chi connectivity index (χ0n) is 12.1. The van der Waals surface area contributed by atoms with Crippen LogP contribution in [0.1, 0.15) is 25.7 Å². The highest BCUT2D eigenvalue weighted by Crippen LogP contribution is 2.87. The lowest BCUT2D eigenvalue weighted by Gasteiger charge is -2.58. The van der Waals surface area contributed by atoms with Crippen molar-refractivity contribution in [3.63, 3.8) is 0 Å². The summed E-state index contributed by atoms with van der Waals surface area (Å²) < 4.78 is 0. The SMILES string of the molecule is C[P+]1(c2ccccc2)C2=CCCCC2[C@]12C=CC=CC2. The van der Waals surface area contributed by atoms with Crippen LogP contribution in [-0.2, 0) is 0 Å². The van der Waals surface area contributed by atoms with Gasteiger partial charge in [0.05, 0.1) is 30.5 Å². The molecular weight excluding hydrogens is 259 g/mol. The maximum atomic E-state index is 2.59. The predicted octanol–water partition coefficient (Wildman–Crippen LogP) is 4.91. The second kappa shape index (κ2) is 4.43. The Balaban J connectivity index is 1.89. The summed E-state index contributed by atoms with van der Waals surface area (Å²) >= 11 is 0. The summed E-state index contributed by atoms with van der Waals surface area (Å²) in [4.78, 5) is 0. The van der Waals surface area contributed by atoms with E-state index in [1.54, 1.807) is 5.30 Å². The molecule has 1 aromatic carbocycles. The van der Waals surface area contributed by atoms with Gasteiger partial charge >= 0.3 is 0 Å². The van der Waals surface area contributed by atoms with Crippen LogP contribution in [0.15, 0.2) is 66.0 Å². The fourth-order valence-corrected chi connectivity index (χ4v) is 9.73. The van der Waals surface area contributed by atoms with Gasteiger partial charge in [-0.25, -0.2) is 0 Å². The molecule has 0 aromatic heterocycles. The second-order valence-corrected chi connectivity index (χ2v) is 10.3. The van der Waals surface area contributed by atoms with Crippen molar-refractivity contribution in [2.24, 2.45) is 5.92 Å². The lowest BCUT2D eigenvalue weighted by Crippen LogP contribution is -2.54. The molecule has 3 atom stereocenters. The molecule has 0 bridgehead atoms. The summed E-state index contributed by atoms with van der Waals surface area (Å²) in [5.74, 6) is 0.816. The molecule has 0 nitrogen and oxygen atoms in total. The Morgan fingerprint density at radius 1 is 1.15 bits per heavy atom. The van der Waals surface area contributed by atoms with Crippen LogP contribution >= 0.6 is 7.26 Å². The predicted molar refractivity (Wildman–Crippen MR) is 90.0 cm³/mol. The number of hydrogen-bond donors (Lipinski definition) is 0. The van der Waals surface area contributed by atoms with Crippen molar-refractivity contribution in [1.29, 1.82) is 0 Å². The number of hydrogen-bond acceptors (Lipinski definition) is 0. The topological polar surface area (TPSA) is 0 Å². The quantitative estimate of drug-likeness (QED) is 0.641. The Kier molecular flexibility index (Phi) is 2.79. The van der Waals surface area contributed by atoms with Crippen molar-refractivity contribution >= 4 is 12.6 Å². The summed E-state index contributed by atoms with van der Waals surface area (Å²) in [7, 11) is -1.21. The zero-order valence-corrected chi connectivity index (χ0v) is 13.0. The molecule has 2 unspecified atom stereocenters. The first-order valence-electron chi connectivity index (χ1n) is 7.76. The normalized spacial score (nSPS) is 38.2. The van der Waals surface area contributed by atoms with Crippen LogP contribution in [-0.4, -0.2) is 11.8 Å². The van der Waals surface area contributed by atoms with Gasteiger partial charge in [-0.2, -0.15) is 0 Å². The second-order valence-electron chi connectivity index (χ2n) is 6.44. The van der Waals surface area contributed by atoms with Crippen molar-refractivity contribution < 1.29 is 0 Å². The third kappa shape index (κ3) is 1.41. The van der Waals surface area contributed by atoms with Crippen LogP contribution in [0.5, 0.6) is 0 Å². The van der Waals surface area contributed by atoms with Gasteiger partial charge in [-0.1, -0.05) is 36.4 Å². The van der Waals surface area contributed by atoms with Crippen LogP contribution in [0.3, 0.4) is 0 Å². The molecule has 1 spiro atoms. The molecule has 2 aliphatic carbocycles. The average Bonchev–Trinajstić information content (AvgIpc) is 2.55. The highest BCUT2D eigenvalue weighted by Gasteiger charge is 2.72. The molecule has 1 heteroatoms. The Morgan fingerprint density at radius 2 is 2.00 bits per heavy atom. The van der Waals surface area contributed by atoms with Crippen LogP contribution in [0.2, 0.25) is 0 Å². The van der Waals surface area contributed by atoms with Crippen molar-refractivity contribution in [1.82, 2.24) is 0 Å². The van der Waals surface area contributed by atoms with Crippen molar-refractivity contribution in [3.05, 3.63) is 66.0 Å². The van der Waals surface area contributed by atoms with E-state index < -0.39 is 7.26 Å². The minimum absolute atomic E-state index is 0.426. The first kappa shape index (κ1) is 12.6. The Labute approximate surface area is 122 Å². The molecule has 0 amide bonds. The van der Waals surface area contributed by atoms with Crippen molar-refractivity contribution in [3.8, 4) is 0 Å². The Hall–Kier alpha value is -1.13. The van der Waals surface area contributed by atoms with E-state index in [4.69, 9.17) is 0 Å². The molecule has 0 N–H and O–H groups in total. The van der Waals surface area contributed by atoms with E-state index in [1.807, 2.05) is 5.31 Å². The van der Waals surface area contributed by atoms with E-state index >= 15 is 0 Å². The Bertz CT molecular complexity index is 610. The molecule has 0 saturated carbocycles. The molecule has 1 fully saturated rings. The molecule has 20 heavy (non-hydrogen) atoms. The van der Waals surface area contributed by atoms with E-state index in [-0.39, 0.29) is 0 Å². The molecule has 1 saturated heterocycles. The van der Waals surface area contributed by atoms with Gasteiger partial charge < -0.3 is 0 Å². The zero-order chi connectivity index (χ0) is 13.6. The molecule has 4 rings (SSSR count). The van der Waals surface area contributed by atoms with Crippen LogP contribution in [0.4, 0.5) is 0 Å².